The summed E-state index contributed by atoms with van der Waals surface area (Å²) in [4.78, 5) is 31.3. The summed E-state index contributed by atoms with van der Waals surface area (Å²) >= 11 is 0. The van der Waals surface area contributed by atoms with Crippen molar-refractivity contribution in [2.75, 3.05) is 18.9 Å². The van der Waals surface area contributed by atoms with Gasteiger partial charge in [-0.1, -0.05) is 0 Å². The molecule has 4 rings (SSSR count). The molecule has 0 amide bonds. The molecule has 0 aliphatic carbocycles. The summed E-state index contributed by atoms with van der Waals surface area (Å²) in [7, 11) is -4.99. The van der Waals surface area contributed by atoms with Crippen LogP contribution in [0.2, 0.25) is 0 Å². The van der Waals surface area contributed by atoms with E-state index in [4.69, 9.17) is 19.9 Å². The Morgan fingerprint density at radius 3 is 2.46 bits per heavy atom. The van der Waals surface area contributed by atoms with Gasteiger partial charge in [0.15, 0.2) is 29.8 Å². The summed E-state index contributed by atoms with van der Waals surface area (Å²) in [6.07, 6.45) is -6.61. The van der Waals surface area contributed by atoms with Gasteiger partial charge in [0.05, 0.1) is 12.9 Å². The first-order valence-corrected chi connectivity index (χ1v) is 12.5. The third-order valence-corrected chi connectivity index (χ3v) is 6.59. The van der Waals surface area contributed by atoms with Crippen LogP contribution in [0.25, 0.3) is 22.6 Å². The van der Waals surface area contributed by atoms with Crippen molar-refractivity contribution in [2.45, 2.75) is 43.6 Å². The number of fused-ring (bicyclic) bond motifs is 1. The number of aliphatic hydroxyl groups excluding tert-OH is 3. The zero-order valence-electron chi connectivity index (χ0n) is 19.1. The Morgan fingerprint density at radius 2 is 1.84 bits per heavy atom. The molecule has 0 spiro atoms. The summed E-state index contributed by atoms with van der Waals surface area (Å²) in [6.45, 7) is 0.784. The lowest BCUT2D eigenvalue weighted by molar-refractivity contribution is -0.168. The fourth-order valence-corrected chi connectivity index (χ4v) is 4.52. The zero-order chi connectivity index (χ0) is 27.1. The van der Waals surface area contributed by atoms with Crippen molar-refractivity contribution in [1.29, 1.82) is 0 Å². The lowest BCUT2D eigenvalue weighted by Crippen LogP contribution is -2.38. The number of anilines is 1. The maximum atomic E-state index is 13.7. The predicted octanol–water partition coefficient (Wildman–Crippen LogP) is -0.152. The van der Waals surface area contributed by atoms with Crippen molar-refractivity contribution >= 4 is 24.6 Å². The normalized spacial score (nSPS) is 24.0. The number of imidazole rings is 1. The van der Waals surface area contributed by atoms with Crippen LogP contribution in [0, 0.1) is 11.6 Å². The van der Waals surface area contributed by atoms with E-state index < -0.39 is 62.5 Å². The summed E-state index contributed by atoms with van der Waals surface area (Å²) < 4.78 is 55.9. The van der Waals surface area contributed by atoms with E-state index in [1.165, 1.54) is 17.8 Å². The van der Waals surface area contributed by atoms with Crippen LogP contribution in [0.1, 0.15) is 13.2 Å². The molecule has 2 aromatic heterocycles. The SMILES string of the molecule is CCOC(O)[C@H](OC[C@H]1O[C@@H](n2cnc3c(N)nc(-c4cc(F)cc(F)c4)nc32)[C@H](O)[C@@H]1O)P(=O)(O)O. The van der Waals surface area contributed by atoms with Crippen molar-refractivity contribution in [3.63, 3.8) is 0 Å². The van der Waals surface area contributed by atoms with Crippen molar-refractivity contribution in [1.82, 2.24) is 19.5 Å². The second kappa shape index (κ2) is 10.6. The third-order valence-electron chi connectivity index (χ3n) is 5.52. The molecule has 0 saturated carbocycles. The number of hydrogen-bond acceptors (Lipinski definition) is 11. The molecule has 202 valence electrons. The molecule has 1 aromatic carbocycles. The van der Waals surface area contributed by atoms with Crippen LogP contribution in [0.3, 0.4) is 0 Å². The Balaban J connectivity index is 1.61. The quantitative estimate of drug-likeness (QED) is 0.152. The zero-order valence-corrected chi connectivity index (χ0v) is 20.0. The lowest BCUT2D eigenvalue weighted by Gasteiger charge is -2.25. The molecule has 1 aliphatic rings. The molecule has 3 heterocycles. The van der Waals surface area contributed by atoms with Crippen LogP contribution < -0.4 is 5.73 Å². The largest absolute Gasteiger partial charge is 0.387 e. The first-order valence-electron chi connectivity index (χ1n) is 10.8. The van der Waals surface area contributed by atoms with Gasteiger partial charge in [-0.3, -0.25) is 9.13 Å². The van der Waals surface area contributed by atoms with Crippen LogP contribution in [-0.4, -0.2) is 88.3 Å². The van der Waals surface area contributed by atoms with Gasteiger partial charge in [0.1, 0.15) is 35.5 Å². The van der Waals surface area contributed by atoms with E-state index in [-0.39, 0.29) is 35.0 Å². The summed E-state index contributed by atoms with van der Waals surface area (Å²) in [5.74, 6) is -4.09. The van der Waals surface area contributed by atoms with E-state index in [1.54, 1.807) is 0 Å². The fraction of sp³-hybridized carbons (Fsp3) is 0.450. The number of rotatable bonds is 9. The molecule has 37 heavy (non-hydrogen) atoms. The molecule has 0 radical (unpaired) electrons. The van der Waals surface area contributed by atoms with Gasteiger partial charge in [-0.25, -0.2) is 23.7 Å². The molecular weight excluding hydrogens is 523 g/mol. The monoisotopic (exact) mass is 547 g/mol. The molecule has 0 bridgehead atoms. The van der Waals surface area contributed by atoms with E-state index in [0.717, 1.165) is 12.1 Å². The molecule has 6 atom stereocenters. The van der Waals surface area contributed by atoms with E-state index in [2.05, 4.69) is 15.0 Å². The number of nitrogens with two attached hydrogens (primary N) is 1. The molecule has 1 fully saturated rings. The highest BCUT2D eigenvalue weighted by molar-refractivity contribution is 7.52. The number of hydrogen-bond donors (Lipinski definition) is 6. The number of benzene rings is 1. The van der Waals surface area contributed by atoms with Crippen molar-refractivity contribution in [3.8, 4) is 11.4 Å². The molecule has 1 saturated heterocycles. The Labute approximate surface area is 207 Å². The highest BCUT2D eigenvalue weighted by atomic mass is 31.2. The maximum absolute atomic E-state index is 13.7. The summed E-state index contributed by atoms with van der Waals surface area (Å²) in [5.41, 5.74) is 6.01. The van der Waals surface area contributed by atoms with Gasteiger partial charge >= 0.3 is 7.60 Å². The summed E-state index contributed by atoms with van der Waals surface area (Å²) in [5, 5.41) is 31.0. The first-order chi connectivity index (χ1) is 17.4. The number of ether oxygens (including phenoxy) is 3. The van der Waals surface area contributed by atoms with E-state index in [9.17, 15) is 38.5 Å². The van der Waals surface area contributed by atoms with E-state index >= 15 is 0 Å². The minimum absolute atomic E-state index is 0.00449. The Kier molecular flexibility index (Phi) is 7.85. The minimum Gasteiger partial charge on any atom is -0.387 e. The summed E-state index contributed by atoms with van der Waals surface area (Å²) in [6, 6.07) is 2.67. The average Bonchev–Trinajstić information content (AvgIpc) is 3.34. The number of aromatic nitrogens is 4. The average molecular weight is 547 g/mol. The van der Waals surface area contributed by atoms with Gasteiger partial charge in [-0.05, 0) is 19.1 Å². The van der Waals surface area contributed by atoms with Crippen molar-refractivity contribution in [2.24, 2.45) is 0 Å². The van der Waals surface area contributed by atoms with Gasteiger partial charge < -0.3 is 45.1 Å². The smallest absolute Gasteiger partial charge is 0.359 e. The fourth-order valence-electron chi connectivity index (χ4n) is 3.83. The number of aliphatic hydroxyl groups is 3. The van der Waals surface area contributed by atoms with Crippen LogP contribution in [0.15, 0.2) is 24.5 Å². The van der Waals surface area contributed by atoms with Gasteiger partial charge in [0.25, 0.3) is 0 Å². The predicted molar refractivity (Wildman–Crippen MR) is 120 cm³/mol. The van der Waals surface area contributed by atoms with Gasteiger partial charge in [-0.2, -0.15) is 0 Å². The van der Waals surface area contributed by atoms with E-state index in [0.29, 0.717) is 6.07 Å². The standard InChI is InChI=1S/C20H24F2N5O9P/c1-2-34-19(30)20(37(31,32)33)35-6-11-13(28)14(29)18(36-11)27-7-24-12-15(23)25-16(26-17(12)27)8-3-9(21)5-10(22)4-8/h3-5,7,11,13-14,18-20,28-30H,2,6H2,1H3,(H2,23,25,26)(H2,31,32,33)/t11-,13-,14-,18-,19?,20-/m1/s1. The molecule has 1 aliphatic heterocycles. The second-order valence-electron chi connectivity index (χ2n) is 8.12. The van der Waals surface area contributed by atoms with Crippen molar-refractivity contribution in [3.05, 3.63) is 36.2 Å². The third kappa shape index (κ3) is 5.62. The molecule has 17 heteroatoms. The van der Waals surface area contributed by atoms with Crippen LogP contribution in [0.5, 0.6) is 0 Å². The Morgan fingerprint density at radius 1 is 1.16 bits per heavy atom. The first kappa shape index (κ1) is 27.4. The second-order valence-corrected chi connectivity index (χ2v) is 9.81. The topological polar surface area (TPSA) is 216 Å². The lowest BCUT2D eigenvalue weighted by atomic mass is 10.1. The van der Waals surface area contributed by atoms with Gasteiger partial charge in [0.2, 0.25) is 5.85 Å². The molecule has 1 unspecified atom stereocenters. The molecule has 7 N–H and O–H groups in total. The van der Waals surface area contributed by atoms with Gasteiger partial charge in [-0.15, -0.1) is 0 Å². The molecule has 14 nitrogen and oxygen atoms in total. The minimum atomic E-state index is -4.99. The highest BCUT2D eigenvalue weighted by Gasteiger charge is 2.46. The molecular formula is C20H24F2N5O9P. The van der Waals surface area contributed by atoms with Gasteiger partial charge in [0, 0.05) is 18.2 Å². The van der Waals surface area contributed by atoms with Crippen LogP contribution in [-0.2, 0) is 18.8 Å². The highest BCUT2D eigenvalue weighted by Crippen LogP contribution is 2.44. The Bertz CT molecular complexity index is 1300. The molecule has 3 aromatic rings. The van der Waals surface area contributed by atoms with E-state index in [1.807, 2.05) is 0 Å². The van der Waals surface area contributed by atoms with Crippen LogP contribution in [0.4, 0.5) is 14.6 Å². The Hall–Kier alpha value is -2.66. The number of halogens is 2. The number of nitrogens with zero attached hydrogens (tertiary/aromatic N) is 4. The van der Waals surface area contributed by atoms with Crippen molar-refractivity contribution < 1.29 is 52.7 Å². The maximum Gasteiger partial charge on any atom is 0.359 e. The van der Waals surface area contributed by atoms with Crippen LogP contribution >= 0.6 is 7.60 Å². The number of nitrogen functional groups attached to an aromatic ring is 1.